The zero-order valence-electron chi connectivity index (χ0n) is 11.0. The first-order valence-electron chi connectivity index (χ1n) is 6.59. The van der Waals surface area contributed by atoms with Gasteiger partial charge in [-0.2, -0.15) is 0 Å². The normalized spacial score (nSPS) is 16.4. The van der Waals surface area contributed by atoms with E-state index >= 15 is 0 Å². The lowest BCUT2D eigenvalue weighted by atomic mass is 10.1. The molecule has 0 bridgehead atoms. The van der Waals surface area contributed by atoms with Gasteiger partial charge < -0.3 is 14.7 Å². The van der Waals surface area contributed by atoms with Crippen LogP contribution in [-0.2, 0) is 4.74 Å². The first kappa shape index (κ1) is 15.2. The van der Waals surface area contributed by atoms with Crippen LogP contribution < -0.4 is 0 Å². The number of hydrogen-bond donors (Lipinski definition) is 1. The second kappa shape index (κ2) is 7.02. The number of aliphatic hydroxyl groups is 1. The number of nitrogens with zero attached hydrogens (tertiary/aromatic N) is 1. The summed E-state index contributed by atoms with van der Waals surface area (Å²) in [6.07, 6.45) is 1.40. The van der Waals surface area contributed by atoms with Gasteiger partial charge in [-0.1, -0.05) is 17.7 Å². The zero-order chi connectivity index (χ0) is 14.5. The van der Waals surface area contributed by atoms with Crippen molar-refractivity contribution in [3.63, 3.8) is 0 Å². The van der Waals surface area contributed by atoms with Gasteiger partial charge in [0.1, 0.15) is 5.82 Å². The molecule has 1 aromatic rings. The van der Waals surface area contributed by atoms with Gasteiger partial charge in [-0.05, 0) is 25.0 Å². The summed E-state index contributed by atoms with van der Waals surface area (Å²) in [5.41, 5.74) is -0.0658. The summed E-state index contributed by atoms with van der Waals surface area (Å²) in [5.74, 6) is -0.977. The van der Waals surface area contributed by atoms with Crippen LogP contribution in [0.3, 0.4) is 0 Å². The van der Waals surface area contributed by atoms with Gasteiger partial charge >= 0.3 is 0 Å². The molecule has 1 heterocycles. The van der Waals surface area contributed by atoms with Crippen molar-refractivity contribution in [2.45, 2.75) is 18.9 Å². The Morgan fingerprint density at radius 1 is 1.45 bits per heavy atom. The van der Waals surface area contributed by atoms with Crippen LogP contribution in [0.2, 0.25) is 5.02 Å². The average molecular weight is 302 g/mol. The highest BCUT2D eigenvalue weighted by molar-refractivity contribution is 6.33. The van der Waals surface area contributed by atoms with E-state index in [0.717, 1.165) is 0 Å². The molecule has 0 aromatic heterocycles. The van der Waals surface area contributed by atoms with Gasteiger partial charge in [-0.25, -0.2) is 4.39 Å². The summed E-state index contributed by atoms with van der Waals surface area (Å²) >= 11 is 5.90. The number of rotatable bonds is 4. The molecule has 0 saturated carbocycles. The molecule has 1 aliphatic heterocycles. The SMILES string of the molecule is O=C(c1c(F)cccc1Cl)N1CCC(OCCO)CC1. The lowest BCUT2D eigenvalue weighted by Gasteiger charge is -2.32. The fraction of sp³-hybridized carbons (Fsp3) is 0.500. The minimum Gasteiger partial charge on any atom is -0.394 e. The number of piperidine rings is 1. The summed E-state index contributed by atoms with van der Waals surface area (Å²) in [6, 6.07) is 4.22. The molecular formula is C14H17ClFNO3. The van der Waals surface area contributed by atoms with Crippen molar-refractivity contribution in [2.75, 3.05) is 26.3 Å². The predicted octanol–water partition coefficient (Wildman–Crippen LogP) is 2.09. The van der Waals surface area contributed by atoms with E-state index in [0.29, 0.717) is 32.5 Å². The largest absolute Gasteiger partial charge is 0.394 e. The first-order valence-corrected chi connectivity index (χ1v) is 6.97. The molecule has 0 radical (unpaired) electrons. The lowest BCUT2D eigenvalue weighted by Crippen LogP contribution is -2.41. The Bertz CT molecular complexity index is 455. The van der Waals surface area contributed by atoms with Crippen LogP contribution >= 0.6 is 11.6 Å². The Morgan fingerprint density at radius 2 is 2.15 bits per heavy atom. The second-order valence-corrected chi connectivity index (χ2v) is 5.09. The monoisotopic (exact) mass is 301 g/mol. The van der Waals surface area contributed by atoms with Gasteiger partial charge in [0, 0.05) is 13.1 Å². The molecule has 6 heteroatoms. The first-order chi connectivity index (χ1) is 9.63. The third-order valence-corrected chi connectivity index (χ3v) is 3.67. The molecule has 0 atom stereocenters. The summed E-state index contributed by atoms with van der Waals surface area (Å²) in [6.45, 7) is 1.29. The summed E-state index contributed by atoms with van der Waals surface area (Å²) in [4.78, 5) is 13.9. The standard InChI is InChI=1S/C14H17ClFNO3/c15-11-2-1-3-12(16)13(11)14(19)17-6-4-10(5-7-17)20-9-8-18/h1-3,10,18H,4-9H2. The van der Waals surface area contributed by atoms with Gasteiger partial charge in [0.2, 0.25) is 0 Å². The van der Waals surface area contributed by atoms with Crippen molar-refractivity contribution in [3.8, 4) is 0 Å². The van der Waals surface area contributed by atoms with Crippen LogP contribution in [0.15, 0.2) is 18.2 Å². The number of amides is 1. The molecule has 0 aliphatic carbocycles. The van der Waals surface area contributed by atoms with E-state index in [1.807, 2.05) is 0 Å². The van der Waals surface area contributed by atoms with E-state index in [2.05, 4.69) is 0 Å². The second-order valence-electron chi connectivity index (χ2n) is 4.68. The van der Waals surface area contributed by atoms with E-state index in [9.17, 15) is 9.18 Å². The minimum absolute atomic E-state index is 0.00994. The molecule has 110 valence electrons. The van der Waals surface area contributed by atoms with E-state index in [4.69, 9.17) is 21.4 Å². The van der Waals surface area contributed by atoms with Gasteiger partial charge in [0.15, 0.2) is 0 Å². The summed E-state index contributed by atoms with van der Waals surface area (Å²) in [7, 11) is 0. The molecule has 0 unspecified atom stereocenters. The Morgan fingerprint density at radius 3 is 2.75 bits per heavy atom. The molecule has 2 rings (SSSR count). The van der Waals surface area contributed by atoms with Crippen LogP contribution in [0.25, 0.3) is 0 Å². The van der Waals surface area contributed by atoms with E-state index < -0.39 is 5.82 Å². The Labute approximate surface area is 122 Å². The highest BCUT2D eigenvalue weighted by Crippen LogP contribution is 2.23. The van der Waals surface area contributed by atoms with Crippen LogP contribution in [0.4, 0.5) is 4.39 Å². The number of likely N-dealkylation sites (tertiary alicyclic amines) is 1. The van der Waals surface area contributed by atoms with E-state index in [-0.39, 0.29) is 29.2 Å². The van der Waals surface area contributed by atoms with Crippen molar-refractivity contribution in [3.05, 3.63) is 34.6 Å². The van der Waals surface area contributed by atoms with Crippen molar-refractivity contribution < 1.29 is 19.0 Å². The van der Waals surface area contributed by atoms with Crippen molar-refractivity contribution in [1.82, 2.24) is 4.90 Å². The zero-order valence-corrected chi connectivity index (χ0v) is 11.8. The number of benzene rings is 1. The maximum absolute atomic E-state index is 13.7. The Kier molecular flexibility index (Phi) is 5.34. The minimum atomic E-state index is -0.596. The van der Waals surface area contributed by atoms with Crippen LogP contribution in [0, 0.1) is 5.82 Å². The van der Waals surface area contributed by atoms with Gasteiger partial charge in [0.05, 0.1) is 29.9 Å². The fourth-order valence-electron chi connectivity index (χ4n) is 2.31. The van der Waals surface area contributed by atoms with Crippen LogP contribution in [-0.4, -0.2) is 48.3 Å². The quantitative estimate of drug-likeness (QED) is 0.926. The average Bonchev–Trinajstić information content (AvgIpc) is 2.45. The van der Waals surface area contributed by atoms with Crippen LogP contribution in [0.1, 0.15) is 23.2 Å². The summed E-state index contributed by atoms with van der Waals surface area (Å²) < 4.78 is 19.1. The highest BCUT2D eigenvalue weighted by atomic mass is 35.5. The number of carbonyl (C=O) groups excluding carboxylic acids is 1. The predicted molar refractivity (Wildman–Crippen MR) is 73.4 cm³/mol. The molecule has 0 spiro atoms. The van der Waals surface area contributed by atoms with Gasteiger partial charge in [0.25, 0.3) is 5.91 Å². The third kappa shape index (κ3) is 3.48. The molecule has 1 amide bonds. The highest BCUT2D eigenvalue weighted by Gasteiger charge is 2.26. The molecular weight excluding hydrogens is 285 g/mol. The van der Waals surface area contributed by atoms with E-state index in [1.54, 1.807) is 4.90 Å². The number of halogens is 2. The van der Waals surface area contributed by atoms with Crippen molar-refractivity contribution in [1.29, 1.82) is 0 Å². The molecule has 1 saturated heterocycles. The number of hydrogen-bond acceptors (Lipinski definition) is 3. The number of carbonyl (C=O) groups is 1. The Hall–Kier alpha value is -1.17. The number of ether oxygens (including phenoxy) is 1. The van der Waals surface area contributed by atoms with Gasteiger partial charge in [-0.15, -0.1) is 0 Å². The lowest BCUT2D eigenvalue weighted by molar-refractivity contribution is -0.00561. The maximum atomic E-state index is 13.7. The Balaban J connectivity index is 1.98. The molecule has 20 heavy (non-hydrogen) atoms. The molecule has 4 nitrogen and oxygen atoms in total. The smallest absolute Gasteiger partial charge is 0.258 e. The number of aliphatic hydroxyl groups excluding tert-OH is 1. The maximum Gasteiger partial charge on any atom is 0.258 e. The molecule has 1 fully saturated rings. The summed E-state index contributed by atoms with van der Waals surface area (Å²) in [5, 5.41) is 8.83. The molecule has 1 aliphatic rings. The molecule has 1 aromatic carbocycles. The molecule has 1 N–H and O–H groups in total. The van der Waals surface area contributed by atoms with E-state index in [1.165, 1.54) is 18.2 Å². The fourth-order valence-corrected chi connectivity index (χ4v) is 2.55. The van der Waals surface area contributed by atoms with Gasteiger partial charge in [-0.3, -0.25) is 4.79 Å². The topological polar surface area (TPSA) is 49.8 Å². The van der Waals surface area contributed by atoms with Crippen molar-refractivity contribution in [2.24, 2.45) is 0 Å². The third-order valence-electron chi connectivity index (χ3n) is 3.35. The van der Waals surface area contributed by atoms with Crippen LogP contribution in [0.5, 0.6) is 0 Å². The van der Waals surface area contributed by atoms with Crippen molar-refractivity contribution >= 4 is 17.5 Å².